The molecule has 0 heterocycles. The van der Waals surface area contributed by atoms with Gasteiger partial charge >= 0.3 is 5.97 Å². The number of carbonyl (C=O) groups excluding carboxylic acids is 2. The van der Waals surface area contributed by atoms with Gasteiger partial charge in [-0.15, -0.1) is 0 Å². The van der Waals surface area contributed by atoms with E-state index in [1.807, 2.05) is 6.92 Å². The number of rotatable bonds is 8. The van der Waals surface area contributed by atoms with Crippen molar-refractivity contribution in [3.63, 3.8) is 0 Å². The summed E-state index contributed by atoms with van der Waals surface area (Å²) in [6.07, 6.45) is 0.877. The summed E-state index contributed by atoms with van der Waals surface area (Å²) >= 11 is 0. The molecule has 0 fully saturated rings. The minimum Gasteiger partial charge on any atom is -0.456 e. The summed E-state index contributed by atoms with van der Waals surface area (Å²) in [5, 5.41) is 2.60. The van der Waals surface area contributed by atoms with Crippen molar-refractivity contribution in [2.75, 3.05) is 45.0 Å². The molecular weight excluding hydrogens is 346 g/mol. The summed E-state index contributed by atoms with van der Waals surface area (Å²) < 4.78 is 30.5. The Labute approximate surface area is 148 Å². The predicted molar refractivity (Wildman–Crippen MR) is 96.1 cm³/mol. The van der Waals surface area contributed by atoms with Crippen molar-refractivity contribution in [3.8, 4) is 0 Å². The number of nitrogens with one attached hydrogen (secondary N) is 1. The topological polar surface area (TPSA) is 96.0 Å². The third kappa shape index (κ3) is 5.71. The molecule has 1 rings (SSSR count). The number of esters is 1. The number of hydrogen-bond donors (Lipinski definition) is 1. The van der Waals surface area contributed by atoms with Crippen LogP contribution in [0.15, 0.2) is 23.1 Å². The van der Waals surface area contributed by atoms with Crippen LogP contribution in [-0.2, 0) is 24.3 Å². The van der Waals surface area contributed by atoms with Gasteiger partial charge in [-0.25, -0.2) is 12.7 Å². The number of ether oxygens (including phenoxy) is 1. The Balaban J connectivity index is 3.03. The molecule has 0 unspecified atom stereocenters. The number of carbonyl (C=O) groups is 2. The second-order valence-electron chi connectivity index (χ2n) is 5.82. The highest BCUT2D eigenvalue weighted by Gasteiger charge is 2.20. The zero-order valence-corrected chi connectivity index (χ0v) is 16.0. The van der Waals surface area contributed by atoms with Crippen LogP contribution >= 0.6 is 0 Å². The van der Waals surface area contributed by atoms with Gasteiger partial charge < -0.3 is 15.0 Å². The van der Waals surface area contributed by atoms with Gasteiger partial charge in [-0.05, 0) is 24.6 Å². The van der Waals surface area contributed by atoms with Gasteiger partial charge in [0, 0.05) is 34.6 Å². The monoisotopic (exact) mass is 371 g/mol. The smallest absolute Gasteiger partial charge is 0.306 e. The molecule has 0 radical (unpaired) electrons. The molecule has 0 saturated heterocycles. The maximum atomic E-state index is 12.3. The summed E-state index contributed by atoms with van der Waals surface area (Å²) in [4.78, 5) is 25.2. The first-order valence-electron chi connectivity index (χ1n) is 7.79. The van der Waals surface area contributed by atoms with E-state index in [1.165, 1.54) is 26.2 Å². The Morgan fingerprint density at radius 2 is 1.80 bits per heavy atom. The van der Waals surface area contributed by atoms with E-state index >= 15 is 0 Å². The molecule has 25 heavy (non-hydrogen) atoms. The zero-order valence-electron chi connectivity index (χ0n) is 15.2. The van der Waals surface area contributed by atoms with Gasteiger partial charge in [0.05, 0.1) is 16.3 Å². The lowest BCUT2D eigenvalue weighted by Gasteiger charge is -2.20. The third-order valence-electron chi connectivity index (χ3n) is 3.32. The number of anilines is 2. The highest BCUT2D eigenvalue weighted by molar-refractivity contribution is 7.89. The van der Waals surface area contributed by atoms with E-state index in [4.69, 9.17) is 4.74 Å². The first-order valence-corrected chi connectivity index (χ1v) is 9.23. The Kier molecular flexibility index (Phi) is 7.38. The second-order valence-corrected chi connectivity index (χ2v) is 7.97. The Morgan fingerprint density at radius 3 is 2.32 bits per heavy atom. The van der Waals surface area contributed by atoms with Crippen molar-refractivity contribution < 1.29 is 22.7 Å². The SMILES string of the molecule is CCCC(=O)OCC(=O)Nc1cc(S(=O)(=O)N(C)C)ccc1N(C)C. The molecular formula is C16H25N3O5S. The fourth-order valence-electron chi connectivity index (χ4n) is 1.99. The molecule has 0 aliphatic carbocycles. The number of nitrogens with zero attached hydrogens (tertiary/aromatic N) is 2. The van der Waals surface area contributed by atoms with Crippen LogP contribution in [-0.4, -0.2) is 59.4 Å². The van der Waals surface area contributed by atoms with Gasteiger partial charge in [0.25, 0.3) is 5.91 Å². The lowest BCUT2D eigenvalue weighted by Crippen LogP contribution is -2.24. The summed E-state index contributed by atoms with van der Waals surface area (Å²) in [5.74, 6) is -0.985. The van der Waals surface area contributed by atoms with Crippen molar-refractivity contribution in [1.82, 2.24) is 4.31 Å². The molecule has 8 nitrogen and oxygen atoms in total. The average Bonchev–Trinajstić information content (AvgIpc) is 2.52. The summed E-state index contributed by atoms with van der Waals surface area (Å²) in [6.45, 7) is 1.41. The van der Waals surface area contributed by atoms with Crippen LogP contribution in [0.25, 0.3) is 0 Å². The fourth-order valence-corrected chi connectivity index (χ4v) is 2.91. The number of sulfonamides is 1. The minimum absolute atomic E-state index is 0.0568. The predicted octanol–water partition coefficient (Wildman–Crippen LogP) is 1.28. The molecule has 0 aliphatic rings. The van der Waals surface area contributed by atoms with Crippen LogP contribution in [0.3, 0.4) is 0 Å². The number of hydrogen-bond acceptors (Lipinski definition) is 6. The lowest BCUT2D eigenvalue weighted by molar-refractivity contribution is -0.147. The van der Waals surface area contributed by atoms with Crippen molar-refractivity contribution in [1.29, 1.82) is 0 Å². The first kappa shape index (κ1) is 20.9. The van der Waals surface area contributed by atoms with Crippen LogP contribution in [0.5, 0.6) is 0 Å². The molecule has 0 atom stereocenters. The molecule has 140 valence electrons. The van der Waals surface area contributed by atoms with Crippen molar-refractivity contribution >= 4 is 33.3 Å². The number of amides is 1. The molecule has 1 amide bonds. The zero-order chi connectivity index (χ0) is 19.2. The minimum atomic E-state index is -3.63. The maximum Gasteiger partial charge on any atom is 0.306 e. The van der Waals surface area contributed by atoms with Gasteiger partial charge in [0.1, 0.15) is 0 Å². The summed E-state index contributed by atoms with van der Waals surface area (Å²) in [6, 6.07) is 4.47. The lowest BCUT2D eigenvalue weighted by atomic mass is 10.2. The van der Waals surface area contributed by atoms with Crippen LogP contribution in [0.2, 0.25) is 0 Å². The molecule has 0 bridgehead atoms. The standard InChI is InChI=1S/C16H25N3O5S/c1-6-7-16(21)24-11-15(20)17-13-10-12(25(22,23)19(4)5)8-9-14(13)18(2)3/h8-10H,6-7,11H2,1-5H3,(H,17,20). The van der Waals surface area contributed by atoms with E-state index in [0.29, 0.717) is 17.8 Å². The molecule has 0 spiro atoms. The van der Waals surface area contributed by atoms with E-state index in [2.05, 4.69) is 5.32 Å². The van der Waals surface area contributed by atoms with Crippen molar-refractivity contribution in [2.24, 2.45) is 0 Å². The van der Waals surface area contributed by atoms with Crippen molar-refractivity contribution in [3.05, 3.63) is 18.2 Å². The Hall–Kier alpha value is -2.13. The van der Waals surface area contributed by atoms with Crippen LogP contribution < -0.4 is 10.2 Å². The molecule has 1 aromatic rings. The van der Waals surface area contributed by atoms with Crippen LogP contribution in [0.1, 0.15) is 19.8 Å². The molecule has 0 saturated carbocycles. The van der Waals surface area contributed by atoms with Crippen LogP contribution in [0.4, 0.5) is 11.4 Å². The second kappa shape index (κ2) is 8.82. The molecule has 0 aliphatic heterocycles. The molecule has 1 aromatic carbocycles. The van der Waals surface area contributed by atoms with E-state index in [1.54, 1.807) is 25.1 Å². The maximum absolute atomic E-state index is 12.3. The largest absolute Gasteiger partial charge is 0.456 e. The third-order valence-corrected chi connectivity index (χ3v) is 5.13. The molecule has 1 N–H and O–H groups in total. The van der Waals surface area contributed by atoms with Gasteiger partial charge in [-0.2, -0.15) is 0 Å². The van der Waals surface area contributed by atoms with Gasteiger partial charge in [0.15, 0.2) is 6.61 Å². The van der Waals surface area contributed by atoms with Crippen molar-refractivity contribution in [2.45, 2.75) is 24.7 Å². The van der Waals surface area contributed by atoms with Crippen LogP contribution in [0, 0.1) is 0 Å². The van der Waals surface area contributed by atoms with Gasteiger partial charge in [0.2, 0.25) is 10.0 Å². The first-order chi connectivity index (χ1) is 11.6. The highest BCUT2D eigenvalue weighted by atomic mass is 32.2. The van der Waals surface area contributed by atoms with Gasteiger partial charge in [-0.3, -0.25) is 9.59 Å². The molecule has 9 heteroatoms. The average molecular weight is 371 g/mol. The number of benzene rings is 1. The summed E-state index contributed by atoms with van der Waals surface area (Å²) in [5.41, 5.74) is 0.954. The fraction of sp³-hybridized carbons (Fsp3) is 0.500. The van der Waals surface area contributed by atoms with E-state index < -0.39 is 28.5 Å². The normalized spacial score (nSPS) is 11.3. The Morgan fingerprint density at radius 1 is 1.16 bits per heavy atom. The Bertz CT molecular complexity index is 729. The highest BCUT2D eigenvalue weighted by Crippen LogP contribution is 2.28. The van der Waals surface area contributed by atoms with E-state index in [-0.39, 0.29) is 11.3 Å². The van der Waals surface area contributed by atoms with E-state index in [9.17, 15) is 18.0 Å². The van der Waals surface area contributed by atoms with Gasteiger partial charge in [-0.1, -0.05) is 6.92 Å². The summed E-state index contributed by atoms with van der Waals surface area (Å²) in [7, 11) is 2.77. The quantitative estimate of drug-likeness (QED) is 0.692. The molecule has 0 aromatic heterocycles. The van der Waals surface area contributed by atoms with E-state index in [0.717, 1.165) is 4.31 Å².